The molecule has 96 valence electrons. The molecule has 18 heavy (non-hydrogen) atoms. The van der Waals surface area contributed by atoms with Crippen LogP contribution in [0.3, 0.4) is 0 Å². The van der Waals surface area contributed by atoms with Crippen LogP contribution in [-0.4, -0.2) is 36.5 Å². The number of rotatable bonds is 4. The number of benzene rings is 1. The van der Waals surface area contributed by atoms with E-state index in [9.17, 15) is 9.59 Å². The third-order valence-corrected chi connectivity index (χ3v) is 3.14. The van der Waals surface area contributed by atoms with Crippen LogP contribution in [0.2, 0.25) is 0 Å². The summed E-state index contributed by atoms with van der Waals surface area (Å²) in [7, 11) is 1.34. The van der Waals surface area contributed by atoms with Crippen LogP contribution in [0.15, 0.2) is 24.3 Å². The molecule has 1 fully saturated rings. The number of carbonyl (C=O) groups is 2. The fourth-order valence-corrected chi connectivity index (χ4v) is 1.99. The van der Waals surface area contributed by atoms with Crippen LogP contribution in [0.5, 0.6) is 0 Å². The van der Waals surface area contributed by atoms with Crippen molar-refractivity contribution in [1.29, 1.82) is 0 Å². The fraction of sp³-hybridized carbons (Fsp3) is 0.429. The third-order valence-electron chi connectivity index (χ3n) is 3.14. The summed E-state index contributed by atoms with van der Waals surface area (Å²) in [6.45, 7) is 2.71. The fourth-order valence-electron chi connectivity index (χ4n) is 1.99. The first-order chi connectivity index (χ1) is 8.67. The highest BCUT2D eigenvalue weighted by Crippen LogP contribution is 2.27. The van der Waals surface area contributed by atoms with Gasteiger partial charge in [0, 0.05) is 18.2 Å². The Morgan fingerprint density at radius 2 is 1.78 bits per heavy atom. The van der Waals surface area contributed by atoms with Gasteiger partial charge in [-0.15, -0.1) is 0 Å². The van der Waals surface area contributed by atoms with Crippen LogP contribution in [0.1, 0.15) is 40.5 Å². The Hall–Kier alpha value is -1.84. The molecule has 4 heteroatoms. The molecule has 0 saturated heterocycles. The van der Waals surface area contributed by atoms with Gasteiger partial charge in [0.05, 0.1) is 12.7 Å². The quantitative estimate of drug-likeness (QED) is 0.765. The molecule has 4 nitrogen and oxygen atoms in total. The standard InChI is InChI=1S/C14H17NO3/c1-3-15(12-8-9-12)13(16)10-4-6-11(7-5-10)14(17)18-2/h4-7,12H,3,8-9H2,1-2H3. The molecule has 0 radical (unpaired) electrons. The lowest BCUT2D eigenvalue weighted by Gasteiger charge is -2.20. The molecule has 1 aliphatic rings. The normalized spacial score (nSPS) is 14.1. The molecule has 1 aromatic rings. The number of methoxy groups -OCH3 is 1. The molecule has 0 atom stereocenters. The number of hydrogen-bond donors (Lipinski definition) is 0. The third kappa shape index (κ3) is 2.53. The first-order valence-corrected chi connectivity index (χ1v) is 6.16. The topological polar surface area (TPSA) is 46.6 Å². The van der Waals surface area contributed by atoms with Crippen molar-refractivity contribution in [1.82, 2.24) is 4.90 Å². The van der Waals surface area contributed by atoms with Crippen molar-refractivity contribution in [2.45, 2.75) is 25.8 Å². The van der Waals surface area contributed by atoms with Crippen molar-refractivity contribution in [3.05, 3.63) is 35.4 Å². The molecule has 1 aromatic carbocycles. The summed E-state index contributed by atoms with van der Waals surface area (Å²) in [5, 5.41) is 0. The number of esters is 1. The van der Waals surface area contributed by atoms with Crippen molar-refractivity contribution < 1.29 is 14.3 Å². The van der Waals surface area contributed by atoms with E-state index in [0.29, 0.717) is 17.2 Å². The Bertz CT molecular complexity index is 449. The second-order valence-electron chi connectivity index (χ2n) is 4.39. The monoisotopic (exact) mass is 247 g/mol. The van der Waals surface area contributed by atoms with Crippen molar-refractivity contribution in [3.63, 3.8) is 0 Å². The van der Waals surface area contributed by atoms with E-state index in [1.165, 1.54) is 7.11 Å². The lowest BCUT2D eigenvalue weighted by molar-refractivity contribution is 0.0599. The van der Waals surface area contributed by atoms with E-state index in [1.807, 2.05) is 11.8 Å². The minimum atomic E-state index is -0.386. The Labute approximate surface area is 107 Å². The highest BCUT2D eigenvalue weighted by atomic mass is 16.5. The zero-order valence-corrected chi connectivity index (χ0v) is 10.7. The molecule has 2 rings (SSSR count). The number of carbonyl (C=O) groups excluding carboxylic acids is 2. The van der Waals surface area contributed by atoms with E-state index in [0.717, 1.165) is 19.4 Å². The van der Waals surface area contributed by atoms with Crippen molar-refractivity contribution >= 4 is 11.9 Å². The van der Waals surface area contributed by atoms with Crippen LogP contribution in [-0.2, 0) is 4.74 Å². The van der Waals surface area contributed by atoms with Gasteiger partial charge in [0.2, 0.25) is 0 Å². The van der Waals surface area contributed by atoms with Gasteiger partial charge in [0.1, 0.15) is 0 Å². The summed E-state index contributed by atoms with van der Waals surface area (Å²) >= 11 is 0. The Kier molecular flexibility index (Phi) is 3.65. The van der Waals surface area contributed by atoms with E-state index in [2.05, 4.69) is 4.74 Å². The van der Waals surface area contributed by atoms with Gasteiger partial charge in [-0.1, -0.05) is 0 Å². The maximum Gasteiger partial charge on any atom is 0.337 e. The minimum absolute atomic E-state index is 0.0383. The lowest BCUT2D eigenvalue weighted by Crippen LogP contribution is -2.32. The van der Waals surface area contributed by atoms with Gasteiger partial charge in [-0.2, -0.15) is 0 Å². The summed E-state index contributed by atoms with van der Waals surface area (Å²) in [4.78, 5) is 25.4. The molecule has 0 unspecified atom stereocenters. The first kappa shape index (κ1) is 12.6. The molecule has 0 bridgehead atoms. The van der Waals surface area contributed by atoms with Crippen LogP contribution in [0.4, 0.5) is 0 Å². The summed E-state index contributed by atoms with van der Waals surface area (Å²) in [6.07, 6.45) is 2.19. The van der Waals surface area contributed by atoms with E-state index in [-0.39, 0.29) is 11.9 Å². The molecule has 0 aliphatic heterocycles. The molecule has 1 saturated carbocycles. The molecule has 0 spiro atoms. The van der Waals surface area contributed by atoms with E-state index in [4.69, 9.17) is 0 Å². The van der Waals surface area contributed by atoms with Crippen LogP contribution in [0.25, 0.3) is 0 Å². The average Bonchev–Trinajstić information content (AvgIpc) is 3.23. The summed E-state index contributed by atoms with van der Waals surface area (Å²) in [6, 6.07) is 7.02. The number of ether oxygens (including phenoxy) is 1. The number of amides is 1. The van der Waals surface area contributed by atoms with Gasteiger partial charge in [0.25, 0.3) is 5.91 Å². The predicted octanol–water partition coefficient (Wildman–Crippen LogP) is 2.10. The Balaban J connectivity index is 2.13. The largest absolute Gasteiger partial charge is 0.465 e. The maximum absolute atomic E-state index is 12.2. The SMILES string of the molecule is CCN(C(=O)c1ccc(C(=O)OC)cc1)C1CC1. The second-order valence-corrected chi connectivity index (χ2v) is 4.39. The maximum atomic E-state index is 12.2. The summed E-state index contributed by atoms with van der Waals surface area (Å²) in [5.74, 6) is -0.347. The van der Waals surface area contributed by atoms with Gasteiger partial charge in [-0.3, -0.25) is 4.79 Å². The zero-order valence-electron chi connectivity index (χ0n) is 10.7. The zero-order chi connectivity index (χ0) is 13.1. The van der Waals surface area contributed by atoms with Gasteiger partial charge in [-0.25, -0.2) is 4.79 Å². The molecule has 1 amide bonds. The van der Waals surface area contributed by atoms with Gasteiger partial charge in [0.15, 0.2) is 0 Å². The van der Waals surface area contributed by atoms with E-state index >= 15 is 0 Å². The second kappa shape index (κ2) is 5.21. The Morgan fingerprint density at radius 1 is 1.22 bits per heavy atom. The highest BCUT2D eigenvalue weighted by Gasteiger charge is 2.31. The lowest BCUT2D eigenvalue weighted by atomic mass is 10.1. The van der Waals surface area contributed by atoms with Crippen molar-refractivity contribution in [2.24, 2.45) is 0 Å². The van der Waals surface area contributed by atoms with Gasteiger partial charge in [-0.05, 0) is 44.0 Å². The molecular weight excluding hydrogens is 230 g/mol. The van der Waals surface area contributed by atoms with Crippen molar-refractivity contribution in [2.75, 3.05) is 13.7 Å². The van der Waals surface area contributed by atoms with Gasteiger partial charge < -0.3 is 9.64 Å². The average molecular weight is 247 g/mol. The number of nitrogens with zero attached hydrogens (tertiary/aromatic N) is 1. The molecule has 0 N–H and O–H groups in total. The smallest absolute Gasteiger partial charge is 0.337 e. The summed E-state index contributed by atoms with van der Waals surface area (Å²) < 4.78 is 4.62. The molecule has 0 heterocycles. The van der Waals surface area contributed by atoms with Crippen LogP contribution >= 0.6 is 0 Å². The number of hydrogen-bond acceptors (Lipinski definition) is 3. The highest BCUT2D eigenvalue weighted by molar-refractivity contribution is 5.96. The summed E-state index contributed by atoms with van der Waals surface area (Å²) in [5.41, 5.74) is 1.08. The van der Waals surface area contributed by atoms with Crippen molar-refractivity contribution in [3.8, 4) is 0 Å². The van der Waals surface area contributed by atoms with E-state index in [1.54, 1.807) is 24.3 Å². The molecule has 0 aromatic heterocycles. The molecular formula is C14H17NO3. The predicted molar refractivity (Wildman–Crippen MR) is 67.5 cm³/mol. The Morgan fingerprint density at radius 3 is 2.22 bits per heavy atom. The molecule has 1 aliphatic carbocycles. The van der Waals surface area contributed by atoms with Crippen LogP contribution in [0, 0.1) is 0 Å². The first-order valence-electron chi connectivity index (χ1n) is 6.16. The van der Waals surface area contributed by atoms with E-state index < -0.39 is 0 Å². The minimum Gasteiger partial charge on any atom is -0.465 e. The van der Waals surface area contributed by atoms with Crippen LogP contribution < -0.4 is 0 Å². The van der Waals surface area contributed by atoms with Gasteiger partial charge >= 0.3 is 5.97 Å².